The Morgan fingerprint density at radius 1 is 1.30 bits per heavy atom. The lowest BCUT2D eigenvalue weighted by Crippen LogP contribution is -2.48. The van der Waals surface area contributed by atoms with Gasteiger partial charge in [-0.15, -0.1) is 0 Å². The van der Waals surface area contributed by atoms with E-state index in [1.165, 1.54) is 6.20 Å². The molecule has 1 aromatic carbocycles. The fraction of sp³-hybridized carbons (Fsp3) is 0.455. The number of aromatic nitrogens is 1. The highest BCUT2D eigenvalue weighted by Gasteiger charge is 2.25. The molecule has 1 saturated heterocycles. The van der Waals surface area contributed by atoms with E-state index in [2.05, 4.69) is 22.2 Å². The highest BCUT2D eigenvalue weighted by molar-refractivity contribution is 6.44. The van der Waals surface area contributed by atoms with E-state index in [1.807, 2.05) is 26.1 Å². The third-order valence-electron chi connectivity index (χ3n) is 5.74. The Bertz CT molecular complexity index is 903. The molecule has 2 amide bonds. The van der Waals surface area contributed by atoms with Crippen molar-refractivity contribution in [3.05, 3.63) is 51.8 Å². The summed E-state index contributed by atoms with van der Waals surface area (Å²) in [6.07, 6.45) is 5.02. The van der Waals surface area contributed by atoms with Crippen LogP contribution in [0.1, 0.15) is 36.9 Å². The van der Waals surface area contributed by atoms with Crippen molar-refractivity contribution in [2.75, 3.05) is 27.2 Å². The molecule has 3 rings (SSSR count). The van der Waals surface area contributed by atoms with Crippen LogP contribution in [0.5, 0.6) is 0 Å². The lowest BCUT2D eigenvalue weighted by Gasteiger charge is -2.35. The van der Waals surface area contributed by atoms with Gasteiger partial charge in [0.25, 0.3) is 0 Å². The molecule has 1 aliphatic heterocycles. The highest BCUT2D eigenvalue weighted by Crippen LogP contribution is 2.38. The standard InChI is InChI=1S/C22H27Cl2FN4O/c1-14(27-22(30)29(3)17-6-8-28(2)9-7-17)18-4-5-19(21(24)20(18)23)16-10-15(11-25)12-26-13-16/h4-5,10,12-14,17H,6-9,11H2,1-3H3,(H,27,30). The van der Waals surface area contributed by atoms with Crippen LogP contribution in [-0.2, 0) is 6.67 Å². The van der Waals surface area contributed by atoms with Crippen LogP contribution >= 0.6 is 23.2 Å². The number of pyridine rings is 1. The first kappa shape index (κ1) is 22.8. The summed E-state index contributed by atoms with van der Waals surface area (Å²) in [6, 6.07) is 5.14. The number of benzene rings is 1. The van der Waals surface area contributed by atoms with Gasteiger partial charge in [0.1, 0.15) is 6.67 Å². The number of halogens is 3. The normalized spacial score (nSPS) is 16.3. The van der Waals surface area contributed by atoms with Crippen molar-refractivity contribution >= 4 is 29.2 Å². The highest BCUT2D eigenvalue weighted by atomic mass is 35.5. The summed E-state index contributed by atoms with van der Waals surface area (Å²) >= 11 is 13.1. The zero-order valence-corrected chi connectivity index (χ0v) is 19.0. The SMILES string of the molecule is CC(NC(=O)N(C)C1CCN(C)CC1)c1ccc(-c2cncc(CF)c2)c(Cl)c1Cl. The minimum absolute atomic E-state index is 0.131. The van der Waals surface area contributed by atoms with Gasteiger partial charge < -0.3 is 15.1 Å². The van der Waals surface area contributed by atoms with Gasteiger partial charge in [0, 0.05) is 42.2 Å². The Kier molecular flexibility index (Phi) is 7.55. The first-order valence-corrected chi connectivity index (χ1v) is 10.8. The Balaban J connectivity index is 1.73. The summed E-state index contributed by atoms with van der Waals surface area (Å²) in [7, 11) is 3.93. The molecule has 1 atom stereocenters. The first-order chi connectivity index (χ1) is 14.3. The summed E-state index contributed by atoms with van der Waals surface area (Å²) in [4.78, 5) is 20.9. The van der Waals surface area contributed by atoms with Crippen molar-refractivity contribution in [3.8, 4) is 11.1 Å². The van der Waals surface area contributed by atoms with Crippen LogP contribution < -0.4 is 5.32 Å². The molecule has 30 heavy (non-hydrogen) atoms. The number of amides is 2. The summed E-state index contributed by atoms with van der Waals surface area (Å²) < 4.78 is 13.0. The Morgan fingerprint density at radius 3 is 2.67 bits per heavy atom. The second kappa shape index (κ2) is 9.94. The topological polar surface area (TPSA) is 48.5 Å². The van der Waals surface area contributed by atoms with Crippen molar-refractivity contribution < 1.29 is 9.18 Å². The van der Waals surface area contributed by atoms with Gasteiger partial charge in [-0.1, -0.05) is 35.3 Å². The van der Waals surface area contributed by atoms with Crippen LogP contribution in [0.15, 0.2) is 30.6 Å². The molecule has 0 saturated carbocycles. The Morgan fingerprint density at radius 2 is 2.00 bits per heavy atom. The van der Waals surface area contributed by atoms with E-state index >= 15 is 0 Å². The number of rotatable bonds is 5. The Labute approximate surface area is 187 Å². The van der Waals surface area contributed by atoms with Crippen LogP contribution in [-0.4, -0.2) is 54.0 Å². The molecule has 0 spiro atoms. The number of likely N-dealkylation sites (tertiary alicyclic amines) is 1. The molecule has 2 aromatic rings. The summed E-state index contributed by atoms with van der Waals surface area (Å²) in [5, 5.41) is 3.75. The average molecular weight is 453 g/mol. The molecule has 1 aliphatic rings. The number of carbonyl (C=O) groups excluding carboxylic acids is 1. The van der Waals surface area contributed by atoms with Crippen LogP contribution in [0.2, 0.25) is 10.0 Å². The van der Waals surface area contributed by atoms with Crippen molar-refractivity contribution in [3.63, 3.8) is 0 Å². The number of piperidine rings is 1. The van der Waals surface area contributed by atoms with Gasteiger partial charge in [-0.3, -0.25) is 4.98 Å². The number of nitrogens with one attached hydrogen (secondary N) is 1. The zero-order chi connectivity index (χ0) is 21.8. The van der Waals surface area contributed by atoms with Crippen molar-refractivity contribution in [1.82, 2.24) is 20.1 Å². The number of alkyl halides is 1. The van der Waals surface area contributed by atoms with E-state index in [-0.39, 0.29) is 18.1 Å². The molecular formula is C22H27Cl2FN4O. The maximum atomic E-state index is 13.0. The van der Waals surface area contributed by atoms with Gasteiger partial charge in [-0.05, 0) is 51.5 Å². The molecule has 5 nitrogen and oxygen atoms in total. The monoisotopic (exact) mass is 452 g/mol. The van der Waals surface area contributed by atoms with Crippen LogP contribution in [0, 0.1) is 0 Å². The average Bonchev–Trinajstić information content (AvgIpc) is 2.75. The second-order valence-electron chi connectivity index (χ2n) is 7.86. The van der Waals surface area contributed by atoms with Crippen molar-refractivity contribution in [2.45, 2.75) is 38.5 Å². The van der Waals surface area contributed by atoms with Crippen LogP contribution in [0.4, 0.5) is 9.18 Å². The molecule has 0 bridgehead atoms. The predicted molar refractivity (Wildman–Crippen MR) is 120 cm³/mol. The van der Waals surface area contributed by atoms with E-state index in [4.69, 9.17) is 23.2 Å². The third kappa shape index (κ3) is 5.05. The number of carbonyl (C=O) groups is 1. The molecule has 1 aromatic heterocycles. The summed E-state index contributed by atoms with van der Waals surface area (Å²) in [5.74, 6) is 0. The smallest absolute Gasteiger partial charge is 0.317 e. The quantitative estimate of drug-likeness (QED) is 0.667. The maximum absolute atomic E-state index is 13.0. The molecule has 1 fully saturated rings. The van der Waals surface area contributed by atoms with E-state index in [9.17, 15) is 9.18 Å². The first-order valence-electron chi connectivity index (χ1n) is 10.0. The lowest BCUT2D eigenvalue weighted by atomic mass is 10.0. The number of nitrogens with zero attached hydrogens (tertiary/aromatic N) is 3. The zero-order valence-electron chi connectivity index (χ0n) is 17.5. The minimum Gasteiger partial charge on any atom is -0.331 e. The largest absolute Gasteiger partial charge is 0.331 e. The fourth-order valence-electron chi connectivity index (χ4n) is 3.74. The maximum Gasteiger partial charge on any atom is 0.317 e. The molecule has 2 heterocycles. The van der Waals surface area contributed by atoms with Crippen LogP contribution in [0.3, 0.4) is 0 Å². The number of urea groups is 1. The molecule has 1 N–H and O–H groups in total. The molecule has 0 radical (unpaired) electrons. The van der Waals surface area contributed by atoms with Crippen LogP contribution in [0.25, 0.3) is 11.1 Å². The summed E-state index contributed by atoms with van der Waals surface area (Å²) in [5.41, 5.74) is 2.57. The van der Waals surface area contributed by atoms with E-state index < -0.39 is 6.67 Å². The van der Waals surface area contributed by atoms with Gasteiger partial charge in [-0.25, -0.2) is 9.18 Å². The van der Waals surface area contributed by atoms with Crippen molar-refractivity contribution in [1.29, 1.82) is 0 Å². The molecule has 1 unspecified atom stereocenters. The third-order valence-corrected chi connectivity index (χ3v) is 6.63. The van der Waals surface area contributed by atoms with Gasteiger partial charge in [-0.2, -0.15) is 0 Å². The van der Waals surface area contributed by atoms with E-state index in [0.29, 0.717) is 26.7 Å². The van der Waals surface area contributed by atoms with Gasteiger partial charge in [0.05, 0.1) is 16.1 Å². The molecule has 8 heteroatoms. The number of hydrogen-bond donors (Lipinski definition) is 1. The predicted octanol–water partition coefficient (Wildman–Crippen LogP) is 5.32. The van der Waals surface area contributed by atoms with Gasteiger partial charge in [0.15, 0.2) is 0 Å². The lowest BCUT2D eigenvalue weighted by molar-refractivity contribution is 0.146. The van der Waals surface area contributed by atoms with Gasteiger partial charge >= 0.3 is 6.03 Å². The van der Waals surface area contributed by atoms with E-state index in [0.717, 1.165) is 31.5 Å². The minimum atomic E-state index is -0.599. The molecule has 162 valence electrons. The fourth-order valence-corrected chi connectivity index (χ4v) is 4.35. The Hall–Kier alpha value is -1.89. The van der Waals surface area contributed by atoms with E-state index in [1.54, 1.807) is 17.2 Å². The van der Waals surface area contributed by atoms with Crippen molar-refractivity contribution in [2.24, 2.45) is 0 Å². The number of hydrogen-bond acceptors (Lipinski definition) is 3. The van der Waals surface area contributed by atoms with Gasteiger partial charge in [0.2, 0.25) is 0 Å². The molecular weight excluding hydrogens is 426 g/mol. The summed E-state index contributed by atoms with van der Waals surface area (Å²) in [6.45, 7) is 3.25. The molecule has 0 aliphatic carbocycles. The second-order valence-corrected chi connectivity index (χ2v) is 8.62.